The Balaban J connectivity index is 1.97. The van der Waals surface area contributed by atoms with Crippen LogP contribution in [0.4, 0.5) is 4.39 Å². The molecule has 136 valence electrons. The Hall–Kier alpha value is -1.89. The average Bonchev–Trinajstić information content (AvgIpc) is 3.04. The van der Waals surface area contributed by atoms with Crippen LogP contribution in [-0.4, -0.2) is 33.8 Å². The highest BCUT2D eigenvalue weighted by Crippen LogP contribution is 2.29. The molecule has 4 nitrogen and oxygen atoms in total. The molecule has 0 saturated carbocycles. The zero-order valence-corrected chi connectivity index (χ0v) is 16.4. The lowest BCUT2D eigenvalue weighted by molar-refractivity contribution is 0.305. The largest absolute Gasteiger partial charge is 0.300 e. The predicted octanol–water partition coefficient (Wildman–Crippen LogP) is 4.97. The zero-order chi connectivity index (χ0) is 18.7. The number of nitrogens with zero attached hydrogens (tertiary/aromatic N) is 4. The molecule has 0 saturated heterocycles. The van der Waals surface area contributed by atoms with Crippen LogP contribution in [0.2, 0.25) is 5.02 Å². The molecule has 3 aromatic rings. The number of aromatic nitrogens is 3. The van der Waals surface area contributed by atoms with Crippen LogP contribution in [0.15, 0.2) is 53.7 Å². The summed E-state index contributed by atoms with van der Waals surface area (Å²) in [5.41, 5.74) is 1.57. The number of benzene rings is 2. The molecule has 2 aromatic carbocycles. The number of halogens is 2. The summed E-state index contributed by atoms with van der Waals surface area (Å²) < 4.78 is 15.9. The smallest absolute Gasteiger partial charge is 0.196 e. The SMILES string of the molecule is CC(c1nnc(SCc2ccccc2F)n1-c1ccc(Cl)cc1)N(C)C. The van der Waals surface area contributed by atoms with Crippen molar-refractivity contribution in [1.29, 1.82) is 0 Å². The lowest BCUT2D eigenvalue weighted by Crippen LogP contribution is -2.20. The Labute approximate surface area is 162 Å². The van der Waals surface area contributed by atoms with Crippen molar-refractivity contribution in [2.45, 2.75) is 23.9 Å². The van der Waals surface area contributed by atoms with E-state index >= 15 is 0 Å². The maximum Gasteiger partial charge on any atom is 0.196 e. The summed E-state index contributed by atoms with van der Waals surface area (Å²) in [4.78, 5) is 2.07. The van der Waals surface area contributed by atoms with Crippen molar-refractivity contribution in [2.75, 3.05) is 14.1 Å². The quantitative estimate of drug-likeness (QED) is 0.556. The fraction of sp³-hybridized carbons (Fsp3) is 0.263. The van der Waals surface area contributed by atoms with E-state index in [1.807, 2.05) is 49.0 Å². The number of hydrogen-bond donors (Lipinski definition) is 0. The fourth-order valence-electron chi connectivity index (χ4n) is 2.47. The van der Waals surface area contributed by atoms with Crippen LogP contribution < -0.4 is 0 Å². The maximum atomic E-state index is 13.9. The minimum absolute atomic E-state index is 0.0704. The van der Waals surface area contributed by atoms with E-state index in [1.54, 1.807) is 12.1 Å². The molecular weight excluding hydrogens is 371 g/mol. The summed E-state index contributed by atoms with van der Waals surface area (Å²) in [7, 11) is 4.00. The van der Waals surface area contributed by atoms with Crippen LogP contribution in [0, 0.1) is 5.82 Å². The van der Waals surface area contributed by atoms with E-state index in [-0.39, 0.29) is 11.9 Å². The zero-order valence-electron chi connectivity index (χ0n) is 14.9. The molecule has 1 aromatic heterocycles. The van der Waals surface area contributed by atoms with Gasteiger partial charge < -0.3 is 0 Å². The second kappa shape index (κ2) is 8.20. The van der Waals surface area contributed by atoms with Crippen molar-refractivity contribution in [3.8, 4) is 5.69 Å². The Bertz CT molecular complexity index is 880. The van der Waals surface area contributed by atoms with Crippen LogP contribution in [0.25, 0.3) is 5.69 Å². The summed E-state index contributed by atoms with van der Waals surface area (Å²) in [5.74, 6) is 1.10. The second-order valence-electron chi connectivity index (χ2n) is 6.17. The van der Waals surface area contributed by atoms with Gasteiger partial charge in [0.25, 0.3) is 0 Å². The number of rotatable bonds is 6. The first-order valence-corrected chi connectivity index (χ1v) is 9.57. The molecule has 26 heavy (non-hydrogen) atoms. The first-order valence-electron chi connectivity index (χ1n) is 8.21. The predicted molar refractivity (Wildman–Crippen MR) is 104 cm³/mol. The molecule has 0 amide bonds. The van der Waals surface area contributed by atoms with Gasteiger partial charge in [-0.1, -0.05) is 41.6 Å². The highest BCUT2D eigenvalue weighted by Gasteiger charge is 2.21. The Morgan fingerprint density at radius 2 is 1.81 bits per heavy atom. The molecule has 0 radical (unpaired) electrons. The Kier molecular flexibility index (Phi) is 5.96. The van der Waals surface area contributed by atoms with Crippen LogP contribution in [-0.2, 0) is 5.75 Å². The number of hydrogen-bond acceptors (Lipinski definition) is 4. The van der Waals surface area contributed by atoms with Gasteiger partial charge in [-0.15, -0.1) is 10.2 Å². The summed E-state index contributed by atoms with van der Waals surface area (Å²) in [6.07, 6.45) is 0. The highest BCUT2D eigenvalue weighted by molar-refractivity contribution is 7.98. The topological polar surface area (TPSA) is 34.0 Å². The maximum absolute atomic E-state index is 13.9. The lowest BCUT2D eigenvalue weighted by atomic mass is 10.2. The molecule has 1 atom stereocenters. The van der Waals surface area contributed by atoms with Crippen LogP contribution in [0.1, 0.15) is 24.4 Å². The van der Waals surface area contributed by atoms with Gasteiger partial charge in [-0.05, 0) is 56.9 Å². The third kappa shape index (κ3) is 4.09. The van der Waals surface area contributed by atoms with Gasteiger partial charge in [-0.25, -0.2) is 4.39 Å². The monoisotopic (exact) mass is 390 g/mol. The van der Waals surface area contributed by atoms with Gasteiger partial charge in [0, 0.05) is 16.5 Å². The minimum atomic E-state index is -0.209. The van der Waals surface area contributed by atoms with Gasteiger partial charge in [-0.3, -0.25) is 9.47 Å². The Morgan fingerprint density at radius 3 is 2.46 bits per heavy atom. The molecular formula is C19H20ClFN4S. The van der Waals surface area contributed by atoms with E-state index in [2.05, 4.69) is 22.0 Å². The minimum Gasteiger partial charge on any atom is -0.300 e. The first kappa shape index (κ1) is 18.9. The van der Waals surface area contributed by atoms with Gasteiger partial charge in [0.15, 0.2) is 11.0 Å². The van der Waals surface area contributed by atoms with E-state index in [0.29, 0.717) is 16.3 Å². The average molecular weight is 391 g/mol. The molecule has 0 aliphatic rings. The lowest BCUT2D eigenvalue weighted by Gasteiger charge is -2.20. The first-order chi connectivity index (χ1) is 12.5. The third-order valence-electron chi connectivity index (χ3n) is 4.21. The van der Waals surface area contributed by atoms with E-state index in [9.17, 15) is 4.39 Å². The molecule has 0 aliphatic heterocycles. The summed E-state index contributed by atoms with van der Waals surface area (Å²) in [6.45, 7) is 2.07. The van der Waals surface area contributed by atoms with Gasteiger partial charge >= 0.3 is 0 Å². The molecule has 0 bridgehead atoms. The van der Waals surface area contributed by atoms with Gasteiger partial charge in [0.1, 0.15) is 5.82 Å². The summed E-state index contributed by atoms with van der Waals surface area (Å²) in [6, 6.07) is 14.4. The van der Waals surface area contributed by atoms with Gasteiger partial charge in [0.05, 0.1) is 6.04 Å². The highest BCUT2D eigenvalue weighted by atomic mass is 35.5. The van der Waals surface area contributed by atoms with E-state index < -0.39 is 0 Å². The van der Waals surface area contributed by atoms with Crippen molar-refractivity contribution >= 4 is 23.4 Å². The van der Waals surface area contributed by atoms with Crippen molar-refractivity contribution in [1.82, 2.24) is 19.7 Å². The van der Waals surface area contributed by atoms with E-state index in [0.717, 1.165) is 16.7 Å². The summed E-state index contributed by atoms with van der Waals surface area (Å²) >= 11 is 7.49. The second-order valence-corrected chi connectivity index (χ2v) is 7.55. The van der Waals surface area contributed by atoms with E-state index in [1.165, 1.54) is 17.8 Å². The molecule has 7 heteroatoms. The fourth-order valence-corrected chi connectivity index (χ4v) is 3.54. The Morgan fingerprint density at radius 1 is 1.12 bits per heavy atom. The molecule has 0 fully saturated rings. The van der Waals surface area contributed by atoms with Crippen molar-refractivity contribution < 1.29 is 4.39 Å². The van der Waals surface area contributed by atoms with E-state index in [4.69, 9.17) is 11.6 Å². The molecule has 1 heterocycles. The molecule has 3 rings (SSSR count). The normalized spacial score (nSPS) is 12.5. The molecule has 0 spiro atoms. The van der Waals surface area contributed by atoms with Crippen LogP contribution >= 0.6 is 23.4 Å². The van der Waals surface area contributed by atoms with Gasteiger partial charge in [0.2, 0.25) is 0 Å². The third-order valence-corrected chi connectivity index (χ3v) is 5.44. The summed E-state index contributed by atoms with van der Waals surface area (Å²) in [5, 5.41) is 10.1. The van der Waals surface area contributed by atoms with Crippen molar-refractivity contribution in [3.63, 3.8) is 0 Å². The van der Waals surface area contributed by atoms with Crippen LogP contribution in [0.5, 0.6) is 0 Å². The molecule has 0 N–H and O–H groups in total. The molecule has 1 unspecified atom stereocenters. The number of thioether (sulfide) groups is 1. The van der Waals surface area contributed by atoms with Gasteiger partial charge in [-0.2, -0.15) is 0 Å². The standard InChI is InChI=1S/C19H20ClFN4S/c1-13(24(2)3)18-22-23-19(25(18)16-10-8-15(20)9-11-16)26-12-14-6-4-5-7-17(14)21/h4-11,13H,12H2,1-3H3. The van der Waals surface area contributed by atoms with Crippen molar-refractivity contribution in [2.24, 2.45) is 0 Å². The van der Waals surface area contributed by atoms with Crippen molar-refractivity contribution in [3.05, 3.63) is 70.8 Å². The van der Waals surface area contributed by atoms with Crippen LogP contribution in [0.3, 0.4) is 0 Å². The molecule has 0 aliphatic carbocycles.